The zero-order valence-electron chi connectivity index (χ0n) is 12.0. The number of aromatic nitrogens is 4. The molecule has 0 radical (unpaired) electrons. The molecule has 7 heteroatoms. The first kappa shape index (κ1) is 13.7. The van der Waals surface area contributed by atoms with Gasteiger partial charge in [0, 0.05) is 26.0 Å². The molecule has 3 heterocycles. The van der Waals surface area contributed by atoms with Crippen LogP contribution < -0.4 is 5.32 Å². The van der Waals surface area contributed by atoms with Crippen LogP contribution in [0, 0.1) is 6.92 Å². The lowest BCUT2D eigenvalue weighted by molar-refractivity contribution is 0.0383. The minimum Gasteiger partial charge on any atom is -0.370 e. The van der Waals surface area contributed by atoms with Crippen molar-refractivity contribution >= 4 is 5.91 Å². The third kappa shape index (κ3) is 2.92. The van der Waals surface area contributed by atoms with Crippen molar-refractivity contribution < 1.29 is 9.53 Å². The monoisotopic (exact) mass is 287 g/mol. The Labute approximate surface area is 122 Å². The predicted molar refractivity (Wildman–Crippen MR) is 74.7 cm³/mol. The van der Waals surface area contributed by atoms with E-state index in [0.717, 1.165) is 17.8 Å². The average molecular weight is 287 g/mol. The fourth-order valence-electron chi connectivity index (χ4n) is 2.35. The molecule has 0 aromatic carbocycles. The Morgan fingerprint density at radius 3 is 3.10 bits per heavy atom. The first-order valence-electron chi connectivity index (χ1n) is 6.84. The number of nitrogens with zero attached hydrogens (tertiary/aromatic N) is 4. The first-order valence-corrected chi connectivity index (χ1v) is 6.84. The van der Waals surface area contributed by atoms with Gasteiger partial charge in [-0.1, -0.05) is 0 Å². The van der Waals surface area contributed by atoms with Crippen LogP contribution in [0.2, 0.25) is 0 Å². The molecule has 1 aliphatic heterocycles. The highest BCUT2D eigenvalue weighted by molar-refractivity contribution is 5.91. The molecular weight excluding hydrogens is 270 g/mol. The molecule has 2 aromatic rings. The Morgan fingerprint density at radius 1 is 1.48 bits per heavy atom. The second-order valence-corrected chi connectivity index (χ2v) is 5.08. The summed E-state index contributed by atoms with van der Waals surface area (Å²) in [5, 5.41) is 7.23. The number of amides is 1. The predicted octanol–water partition coefficient (Wildman–Crippen LogP) is 0.562. The SMILES string of the molecule is Cc1cnc(C(=O)NCC2OCCc3cn(C)nc32)cn1. The van der Waals surface area contributed by atoms with Crippen LogP contribution in [0.25, 0.3) is 0 Å². The molecule has 1 aliphatic rings. The van der Waals surface area contributed by atoms with Gasteiger partial charge in [-0.3, -0.25) is 14.5 Å². The van der Waals surface area contributed by atoms with Gasteiger partial charge in [0.15, 0.2) is 0 Å². The van der Waals surface area contributed by atoms with Gasteiger partial charge in [-0.05, 0) is 18.9 Å². The quantitative estimate of drug-likeness (QED) is 0.892. The molecule has 21 heavy (non-hydrogen) atoms. The summed E-state index contributed by atoms with van der Waals surface area (Å²) in [6.07, 6.45) is 5.69. The van der Waals surface area contributed by atoms with E-state index >= 15 is 0 Å². The van der Waals surface area contributed by atoms with Crippen molar-refractivity contribution in [3.63, 3.8) is 0 Å². The average Bonchev–Trinajstić information content (AvgIpc) is 2.86. The van der Waals surface area contributed by atoms with Gasteiger partial charge in [0.25, 0.3) is 5.91 Å². The molecule has 110 valence electrons. The minimum atomic E-state index is -0.255. The van der Waals surface area contributed by atoms with Crippen LogP contribution >= 0.6 is 0 Å². The maximum atomic E-state index is 12.0. The largest absolute Gasteiger partial charge is 0.370 e. The van der Waals surface area contributed by atoms with E-state index in [1.54, 1.807) is 10.9 Å². The summed E-state index contributed by atoms with van der Waals surface area (Å²) in [5.74, 6) is -0.255. The Balaban J connectivity index is 1.65. The molecular formula is C14H17N5O2. The number of aryl methyl sites for hydroxylation is 2. The lowest BCUT2D eigenvalue weighted by Gasteiger charge is -2.22. The third-order valence-electron chi connectivity index (χ3n) is 3.39. The van der Waals surface area contributed by atoms with Gasteiger partial charge in [-0.25, -0.2) is 4.98 Å². The Morgan fingerprint density at radius 2 is 2.33 bits per heavy atom. The highest BCUT2D eigenvalue weighted by atomic mass is 16.5. The van der Waals surface area contributed by atoms with Crippen molar-refractivity contribution in [3.05, 3.63) is 41.2 Å². The van der Waals surface area contributed by atoms with E-state index in [0.29, 0.717) is 18.8 Å². The van der Waals surface area contributed by atoms with Crippen LogP contribution in [0.4, 0.5) is 0 Å². The molecule has 0 fully saturated rings. The van der Waals surface area contributed by atoms with Crippen LogP contribution in [-0.4, -0.2) is 38.8 Å². The van der Waals surface area contributed by atoms with E-state index in [-0.39, 0.29) is 12.0 Å². The maximum Gasteiger partial charge on any atom is 0.271 e. The number of carbonyl (C=O) groups is 1. The highest BCUT2D eigenvalue weighted by Crippen LogP contribution is 2.24. The van der Waals surface area contributed by atoms with Crippen molar-refractivity contribution in [3.8, 4) is 0 Å². The zero-order chi connectivity index (χ0) is 14.8. The summed E-state index contributed by atoms with van der Waals surface area (Å²) < 4.78 is 7.47. The van der Waals surface area contributed by atoms with Crippen LogP contribution in [0.1, 0.15) is 33.5 Å². The third-order valence-corrected chi connectivity index (χ3v) is 3.39. The maximum absolute atomic E-state index is 12.0. The Hall–Kier alpha value is -2.28. The standard InChI is InChI=1S/C14H17N5O2/c1-9-5-16-11(6-15-9)14(20)17-7-12-13-10(3-4-21-12)8-19(2)18-13/h5-6,8,12H,3-4,7H2,1-2H3,(H,17,20). The van der Waals surface area contributed by atoms with Crippen molar-refractivity contribution in [2.75, 3.05) is 13.2 Å². The minimum absolute atomic E-state index is 0.211. The van der Waals surface area contributed by atoms with Crippen molar-refractivity contribution in [2.24, 2.45) is 7.05 Å². The van der Waals surface area contributed by atoms with Gasteiger partial charge in [-0.2, -0.15) is 5.10 Å². The molecule has 1 N–H and O–H groups in total. The van der Waals surface area contributed by atoms with E-state index in [2.05, 4.69) is 20.4 Å². The van der Waals surface area contributed by atoms with E-state index in [1.807, 2.05) is 20.2 Å². The normalized spacial score (nSPS) is 17.3. The lowest BCUT2D eigenvalue weighted by Crippen LogP contribution is -2.32. The number of hydrogen-bond acceptors (Lipinski definition) is 5. The number of nitrogens with one attached hydrogen (secondary N) is 1. The van der Waals surface area contributed by atoms with Crippen molar-refractivity contribution in [1.29, 1.82) is 0 Å². The number of hydrogen-bond donors (Lipinski definition) is 1. The molecule has 2 aromatic heterocycles. The van der Waals surface area contributed by atoms with Gasteiger partial charge in [0.1, 0.15) is 11.8 Å². The number of ether oxygens (including phenoxy) is 1. The molecule has 7 nitrogen and oxygen atoms in total. The fraction of sp³-hybridized carbons (Fsp3) is 0.429. The van der Waals surface area contributed by atoms with Crippen molar-refractivity contribution in [2.45, 2.75) is 19.4 Å². The second-order valence-electron chi connectivity index (χ2n) is 5.08. The van der Waals surface area contributed by atoms with E-state index < -0.39 is 0 Å². The van der Waals surface area contributed by atoms with E-state index in [9.17, 15) is 4.79 Å². The summed E-state index contributed by atoms with van der Waals surface area (Å²) >= 11 is 0. The molecule has 0 spiro atoms. The first-order chi connectivity index (χ1) is 10.1. The molecule has 1 atom stereocenters. The van der Waals surface area contributed by atoms with Crippen LogP contribution in [0.15, 0.2) is 18.6 Å². The summed E-state index contributed by atoms with van der Waals surface area (Å²) in [6.45, 7) is 2.84. The topological polar surface area (TPSA) is 81.9 Å². The van der Waals surface area contributed by atoms with Gasteiger partial charge in [0.05, 0.1) is 24.2 Å². The van der Waals surface area contributed by atoms with Gasteiger partial charge >= 0.3 is 0 Å². The lowest BCUT2D eigenvalue weighted by atomic mass is 10.1. The zero-order valence-corrected chi connectivity index (χ0v) is 12.0. The molecule has 3 rings (SSSR count). The van der Waals surface area contributed by atoms with Gasteiger partial charge in [-0.15, -0.1) is 0 Å². The molecule has 0 saturated heterocycles. The Bertz CT molecular complexity index is 650. The molecule has 1 unspecified atom stereocenters. The number of carbonyl (C=O) groups excluding carboxylic acids is 1. The smallest absolute Gasteiger partial charge is 0.271 e. The summed E-state index contributed by atoms with van der Waals surface area (Å²) in [7, 11) is 1.88. The Kier molecular flexibility index (Phi) is 3.66. The highest BCUT2D eigenvalue weighted by Gasteiger charge is 2.25. The van der Waals surface area contributed by atoms with Crippen LogP contribution in [-0.2, 0) is 18.2 Å². The van der Waals surface area contributed by atoms with Gasteiger partial charge in [0.2, 0.25) is 0 Å². The van der Waals surface area contributed by atoms with Crippen LogP contribution in [0.5, 0.6) is 0 Å². The molecule has 1 amide bonds. The molecule has 0 bridgehead atoms. The summed E-state index contributed by atoms with van der Waals surface area (Å²) in [4.78, 5) is 20.1. The fourth-order valence-corrected chi connectivity index (χ4v) is 2.35. The summed E-state index contributed by atoms with van der Waals surface area (Å²) in [5.41, 5.74) is 3.16. The molecule has 0 aliphatic carbocycles. The summed E-state index contributed by atoms with van der Waals surface area (Å²) in [6, 6.07) is 0. The number of rotatable bonds is 3. The van der Waals surface area contributed by atoms with E-state index in [1.165, 1.54) is 11.8 Å². The number of fused-ring (bicyclic) bond motifs is 1. The van der Waals surface area contributed by atoms with Crippen molar-refractivity contribution in [1.82, 2.24) is 25.1 Å². The molecule has 0 saturated carbocycles. The van der Waals surface area contributed by atoms with Crippen LogP contribution in [0.3, 0.4) is 0 Å². The van der Waals surface area contributed by atoms with Gasteiger partial charge < -0.3 is 10.1 Å². The van der Waals surface area contributed by atoms with E-state index in [4.69, 9.17) is 4.74 Å². The second kappa shape index (κ2) is 5.61.